The van der Waals surface area contributed by atoms with Crippen LogP contribution in [0.3, 0.4) is 0 Å². The summed E-state index contributed by atoms with van der Waals surface area (Å²) in [5, 5.41) is 3.18. The lowest BCUT2D eigenvalue weighted by Gasteiger charge is -2.23. The minimum absolute atomic E-state index is 0.580. The zero-order valence-electron chi connectivity index (χ0n) is 10.2. The third kappa shape index (κ3) is 1.55. The number of fused-ring (bicyclic) bond motifs is 5. The molecular formula is C17H11ClO. The molecule has 3 aromatic rings. The molecule has 0 amide bonds. The maximum Gasteiger partial charge on any atom is 0.146 e. The Morgan fingerprint density at radius 2 is 1.79 bits per heavy atom. The van der Waals surface area contributed by atoms with Crippen LogP contribution in [0.15, 0.2) is 54.6 Å². The van der Waals surface area contributed by atoms with E-state index in [1.165, 1.54) is 21.9 Å². The lowest BCUT2D eigenvalue weighted by Crippen LogP contribution is -2.06. The quantitative estimate of drug-likeness (QED) is 0.553. The van der Waals surface area contributed by atoms with Gasteiger partial charge in [-0.1, -0.05) is 60.1 Å². The van der Waals surface area contributed by atoms with Crippen molar-refractivity contribution in [2.75, 3.05) is 0 Å². The largest absolute Gasteiger partial charge is 0.487 e. The van der Waals surface area contributed by atoms with E-state index in [4.69, 9.17) is 16.3 Å². The average Bonchev–Trinajstić information content (AvgIpc) is 2.47. The van der Waals surface area contributed by atoms with E-state index in [2.05, 4.69) is 42.5 Å². The molecule has 0 radical (unpaired) electrons. The first-order chi connectivity index (χ1) is 9.34. The van der Waals surface area contributed by atoms with Crippen LogP contribution in [0.4, 0.5) is 0 Å². The fraction of sp³-hybridized carbons (Fsp3) is 0.0588. The van der Waals surface area contributed by atoms with Gasteiger partial charge >= 0.3 is 0 Å². The molecular weight excluding hydrogens is 256 g/mol. The molecule has 0 fully saturated rings. The van der Waals surface area contributed by atoms with Gasteiger partial charge in [0.15, 0.2) is 0 Å². The molecule has 1 aliphatic rings. The molecule has 4 rings (SSSR count). The normalized spacial score (nSPS) is 12.7. The molecule has 1 aliphatic heterocycles. The van der Waals surface area contributed by atoms with E-state index in [9.17, 15) is 0 Å². The van der Waals surface area contributed by atoms with Crippen molar-refractivity contribution in [1.82, 2.24) is 0 Å². The Balaban J connectivity index is 2.15. The molecule has 0 aromatic heterocycles. The predicted octanol–water partition coefficient (Wildman–Crippen LogP) is 5.05. The summed E-state index contributed by atoms with van der Waals surface area (Å²) in [6.45, 7) is 0.580. The number of benzene rings is 3. The van der Waals surface area contributed by atoms with Crippen molar-refractivity contribution in [3.8, 4) is 16.9 Å². The Morgan fingerprint density at radius 3 is 2.74 bits per heavy atom. The minimum Gasteiger partial charge on any atom is -0.487 e. The summed E-state index contributed by atoms with van der Waals surface area (Å²) >= 11 is 6.23. The van der Waals surface area contributed by atoms with Crippen LogP contribution in [0.5, 0.6) is 5.75 Å². The molecule has 1 nitrogen and oxygen atoms in total. The highest BCUT2D eigenvalue weighted by molar-refractivity contribution is 6.32. The molecule has 0 N–H and O–H groups in total. The van der Waals surface area contributed by atoms with Gasteiger partial charge in [0.1, 0.15) is 12.4 Å². The van der Waals surface area contributed by atoms with E-state index >= 15 is 0 Å². The number of ether oxygens (including phenoxy) is 1. The zero-order valence-corrected chi connectivity index (χ0v) is 10.9. The van der Waals surface area contributed by atoms with Gasteiger partial charge < -0.3 is 4.74 Å². The van der Waals surface area contributed by atoms with Crippen molar-refractivity contribution in [2.24, 2.45) is 0 Å². The highest BCUT2D eigenvalue weighted by atomic mass is 35.5. The van der Waals surface area contributed by atoms with Crippen LogP contribution in [0.1, 0.15) is 5.56 Å². The molecule has 92 valence electrons. The van der Waals surface area contributed by atoms with E-state index in [1.54, 1.807) is 0 Å². The summed E-state index contributed by atoms with van der Waals surface area (Å²) in [4.78, 5) is 0. The number of hydrogen-bond acceptors (Lipinski definition) is 1. The van der Waals surface area contributed by atoms with Gasteiger partial charge in [0, 0.05) is 5.56 Å². The maximum absolute atomic E-state index is 6.23. The third-order valence-corrected chi connectivity index (χ3v) is 3.92. The van der Waals surface area contributed by atoms with Crippen molar-refractivity contribution in [3.05, 3.63) is 65.2 Å². The van der Waals surface area contributed by atoms with Crippen molar-refractivity contribution in [3.63, 3.8) is 0 Å². The highest BCUT2D eigenvalue weighted by Gasteiger charge is 2.21. The predicted molar refractivity (Wildman–Crippen MR) is 78.7 cm³/mol. The first-order valence-electron chi connectivity index (χ1n) is 6.27. The molecule has 0 aliphatic carbocycles. The second-order valence-electron chi connectivity index (χ2n) is 4.73. The van der Waals surface area contributed by atoms with Gasteiger partial charge in [-0.25, -0.2) is 0 Å². The van der Waals surface area contributed by atoms with E-state index in [1.807, 2.05) is 12.1 Å². The number of hydrogen-bond donors (Lipinski definition) is 0. The standard InChI is InChI=1S/C17H11ClO/c18-15-7-3-6-14-16-12(10-19-17(14)15)9-8-11-4-1-2-5-13(11)16/h1-9H,10H2. The summed E-state index contributed by atoms with van der Waals surface area (Å²) in [5.74, 6) is 0.799. The van der Waals surface area contributed by atoms with Gasteiger partial charge in [0.2, 0.25) is 0 Å². The van der Waals surface area contributed by atoms with Crippen LogP contribution < -0.4 is 4.74 Å². The van der Waals surface area contributed by atoms with Gasteiger partial charge in [-0.3, -0.25) is 0 Å². The second kappa shape index (κ2) is 4.01. The minimum atomic E-state index is 0.580. The SMILES string of the molecule is Clc1cccc2c1OCc1ccc3ccccc3c1-2. The Kier molecular flexibility index (Phi) is 2.30. The average molecular weight is 267 g/mol. The molecule has 0 unspecified atom stereocenters. The molecule has 0 bridgehead atoms. The van der Waals surface area contributed by atoms with Crippen LogP contribution in [-0.4, -0.2) is 0 Å². The Hall–Kier alpha value is -1.99. The summed E-state index contributed by atoms with van der Waals surface area (Å²) in [6.07, 6.45) is 0. The van der Waals surface area contributed by atoms with Crippen LogP contribution in [0, 0.1) is 0 Å². The Labute approximate surface area is 116 Å². The first-order valence-corrected chi connectivity index (χ1v) is 6.65. The fourth-order valence-corrected chi connectivity index (χ4v) is 2.99. The lowest BCUT2D eigenvalue weighted by molar-refractivity contribution is 0.303. The summed E-state index contributed by atoms with van der Waals surface area (Å²) < 4.78 is 5.80. The van der Waals surface area contributed by atoms with Crippen molar-refractivity contribution >= 4 is 22.4 Å². The first kappa shape index (κ1) is 10.9. The van der Waals surface area contributed by atoms with Crippen LogP contribution in [0.25, 0.3) is 21.9 Å². The lowest BCUT2D eigenvalue weighted by atomic mass is 9.91. The zero-order chi connectivity index (χ0) is 12.8. The Bertz CT molecular complexity index is 792. The van der Waals surface area contributed by atoms with Crippen LogP contribution in [0.2, 0.25) is 5.02 Å². The number of halogens is 1. The van der Waals surface area contributed by atoms with Crippen molar-refractivity contribution < 1.29 is 4.74 Å². The Morgan fingerprint density at radius 1 is 0.895 bits per heavy atom. The van der Waals surface area contributed by atoms with Gasteiger partial charge in [-0.2, -0.15) is 0 Å². The van der Waals surface area contributed by atoms with E-state index in [-0.39, 0.29) is 0 Å². The third-order valence-electron chi connectivity index (χ3n) is 3.62. The molecule has 19 heavy (non-hydrogen) atoms. The topological polar surface area (TPSA) is 9.23 Å². The molecule has 3 aromatic carbocycles. The molecule has 0 saturated heterocycles. The van der Waals surface area contributed by atoms with Gasteiger partial charge in [-0.15, -0.1) is 0 Å². The van der Waals surface area contributed by atoms with Gasteiger partial charge in [0.05, 0.1) is 5.02 Å². The van der Waals surface area contributed by atoms with Crippen molar-refractivity contribution in [1.29, 1.82) is 0 Å². The van der Waals surface area contributed by atoms with Gasteiger partial charge in [-0.05, 0) is 28.0 Å². The summed E-state index contributed by atoms with van der Waals surface area (Å²) in [5.41, 5.74) is 3.56. The number of para-hydroxylation sites is 1. The fourth-order valence-electron chi connectivity index (χ4n) is 2.76. The molecule has 0 spiro atoms. The van der Waals surface area contributed by atoms with E-state index < -0.39 is 0 Å². The molecule has 2 heteroatoms. The van der Waals surface area contributed by atoms with E-state index in [0.29, 0.717) is 11.6 Å². The smallest absolute Gasteiger partial charge is 0.146 e. The van der Waals surface area contributed by atoms with E-state index in [0.717, 1.165) is 11.3 Å². The summed E-state index contributed by atoms with van der Waals surface area (Å²) in [6, 6.07) is 18.6. The molecule has 1 heterocycles. The van der Waals surface area contributed by atoms with Gasteiger partial charge in [0.25, 0.3) is 0 Å². The summed E-state index contributed by atoms with van der Waals surface area (Å²) in [7, 11) is 0. The second-order valence-corrected chi connectivity index (χ2v) is 5.13. The monoisotopic (exact) mass is 266 g/mol. The molecule has 0 atom stereocenters. The maximum atomic E-state index is 6.23. The van der Waals surface area contributed by atoms with Crippen LogP contribution in [-0.2, 0) is 6.61 Å². The van der Waals surface area contributed by atoms with Crippen molar-refractivity contribution in [2.45, 2.75) is 6.61 Å². The molecule has 0 saturated carbocycles. The van der Waals surface area contributed by atoms with Crippen LogP contribution >= 0.6 is 11.6 Å². The highest BCUT2D eigenvalue weighted by Crippen LogP contribution is 2.44. The number of rotatable bonds is 0.